The maximum absolute atomic E-state index is 14.4. The van der Waals surface area contributed by atoms with Crippen molar-refractivity contribution < 1.29 is 9.18 Å². The number of fused-ring (bicyclic) bond motifs is 1. The Morgan fingerprint density at radius 3 is 2.78 bits per heavy atom. The highest BCUT2D eigenvalue weighted by Gasteiger charge is 2.27. The Kier molecular flexibility index (Phi) is 3.19. The average molecular weight is 307 g/mol. The number of hydrogen-bond acceptors (Lipinski definition) is 2. The molecule has 1 aromatic heterocycles. The van der Waals surface area contributed by atoms with E-state index in [0.717, 1.165) is 5.56 Å². The zero-order chi connectivity index (χ0) is 15.8. The van der Waals surface area contributed by atoms with Crippen molar-refractivity contribution in [3.63, 3.8) is 0 Å². The Balaban J connectivity index is 1.58. The Labute approximate surface area is 132 Å². The molecule has 0 atom stereocenters. The van der Waals surface area contributed by atoms with Gasteiger partial charge in [0, 0.05) is 42.3 Å². The summed E-state index contributed by atoms with van der Waals surface area (Å²) < 4.78 is 16.1. The highest BCUT2D eigenvalue weighted by atomic mass is 19.1. The van der Waals surface area contributed by atoms with Gasteiger partial charge < -0.3 is 9.47 Å². The first kappa shape index (κ1) is 13.7. The van der Waals surface area contributed by atoms with Gasteiger partial charge in [0.05, 0.1) is 6.33 Å². The monoisotopic (exact) mass is 307 g/mol. The Hall–Kier alpha value is -2.95. The third-order valence-electron chi connectivity index (χ3n) is 4.10. The molecule has 3 aromatic rings. The summed E-state index contributed by atoms with van der Waals surface area (Å²) in [5.41, 5.74) is 2.92. The summed E-state index contributed by atoms with van der Waals surface area (Å²) in [5.74, 6) is -0.362. The summed E-state index contributed by atoms with van der Waals surface area (Å²) in [7, 11) is 0. The number of carbonyl (C=O) groups is 1. The lowest BCUT2D eigenvalue weighted by Crippen LogP contribution is -2.23. The van der Waals surface area contributed by atoms with Crippen LogP contribution in [0.25, 0.3) is 5.69 Å². The van der Waals surface area contributed by atoms with Gasteiger partial charge in [0.2, 0.25) is 0 Å². The molecule has 2 heterocycles. The van der Waals surface area contributed by atoms with E-state index in [1.54, 1.807) is 34.3 Å². The van der Waals surface area contributed by atoms with Crippen LogP contribution < -0.4 is 0 Å². The van der Waals surface area contributed by atoms with Crippen LogP contribution in [0.15, 0.2) is 61.2 Å². The van der Waals surface area contributed by atoms with Crippen LogP contribution in [0.5, 0.6) is 0 Å². The summed E-state index contributed by atoms with van der Waals surface area (Å²) in [5, 5.41) is 0. The molecule has 0 saturated carbocycles. The molecule has 0 unspecified atom stereocenters. The van der Waals surface area contributed by atoms with Crippen molar-refractivity contribution in [2.45, 2.75) is 13.1 Å². The molecule has 23 heavy (non-hydrogen) atoms. The largest absolute Gasteiger partial charge is 0.330 e. The zero-order valence-electron chi connectivity index (χ0n) is 12.3. The second kappa shape index (κ2) is 5.35. The molecule has 1 amide bonds. The van der Waals surface area contributed by atoms with Crippen LogP contribution in [0.2, 0.25) is 0 Å². The summed E-state index contributed by atoms with van der Waals surface area (Å²) >= 11 is 0. The molecule has 0 saturated heterocycles. The van der Waals surface area contributed by atoms with Gasteiger partial charge in [-0.05, 0) is 23.8 Å². The fraction of sp³-hybridized carbons (Fsp3) is 0.111. The molecule has 0 aliphatic carbocycles. The normalized spacial score (nSPS) is 13.4. The predicted molar refractivity (Wildman–Crippen MR) is 83.5 cm³/mol. The van der Waals surface area contributed by atoms with Crippen LogP contribution in [0.4, 0.5) is 4.39 Å². The molecule has 0 fully saturated rings. The van der Waals surface area contributed by atoms with E-state index in [2.05, 4.69) is 4.98 Å². The molecular formula is C18H14FN3O. The number of rotatable bonds is 3. The van der Waals surface area contributed by atoms with Crippen LogP contribution in [0, 0.1) is 5.82 Å². The molecule has 4 rings (SSSR count). The van der Waals surface area contributed by atoms with Gasteiger partial charge in [-0.1, -0.05) is 24.3 Å². The topological polar surface area (TPSA) is 38.1 Å². The van der Waals surface area contributed by atoms with Crippen molar-refractivity contribution in [3.8, 4) is 5.69 Å². The number of benzene rings is 2. The number of aromatic nitrogens is 2. The van der Waals surface area contributed by atoms with Crippen LogP contribution in [-0.2, 0) is 13.1 Å². The molecule has 0 bridgehead atoms. The number of amides is 1. The second-order valence-corrected chi connectivity index (χ2v) is 5.56. The maximum atomic E-state index is 14.4. The summed E-state index contributed by atoms with van der Waals surface area (Å²) in [6.45, 7) is 0.793. The first-order valence-corrected chi connectivity index (χ1v) is 7.36. The van der Waals surface area contributed by atoms with Crippen LogP contribution in [-0.4, -0.2) is 20.4 Å². The SMILES string of the molecule is O=C1c2ccccc2CN1Cc1ccc(-n2ccnc2)cc1F. The van der Waals surface area contributed by atoms with E-state index in [0.29, 0.717) is 23.4 Å². The minimum Gasteiger partial charge on any atom is -0.330 e. The number of imidazole rings is 1. The van der Waals surface area contributed by atoms with E-state index in [4.69, 9.17) is 0 Å². The Bertz CT molecular complexity index is 874. The van der Waals surface area contributed by atoms with Crippen molar-refractivity contribution >= 4 is 5.91 Å². The van der Waals surface area contributed by atoms with E-state index >= 15 is 0 Å². The van der Waals surface area contributed by atoms with E-state index in [1.165, 1.54) is 6.07 Å². The quantitative estimate of drug-likeness (QED) is 0.745. The number of halogens is 1. The smallest absolute Gasteiger partial charge is 0.254 e. The molecule has 4 nitrogen and oxygen atoms in total. The van der Waals surface area contributed by atoms with Gasteiger partial charge in [0.25, 0.3) is 5.91 Å². The molecule has 0 radical (unpaired) electrons. The van der Waals surface area contributed by atoms with Crippen molar-refractivity contribution in [2.75, 3.05) is 0 Å². The minimum absolute atomic E-state index is 0.0429. The standard InChI is InChI=1S/C18H14FN3O/c19-17-9-15(21-8-7-20-12-21)6-5-14(17)11-22-10-13-3-1-2-4-16(13)18(22)23/h1-9,12H,10-11H2. The van der Waals surface area contributed by atoms with Crippen LogP contribution in [0.3, 0.4) is 0 Å². The van der Waals surface area contributed by atoms with Gasteiger partial charge in [-0.3, -0.25) is 4.79 Å². The van der Waals surface area contributed by atoms with Crippen molar-refractivity contribution in [2.24, 2.45) is 0 Å². The van der Waals surface area contributed by atoms with E-state index in [1.807, 2.05) is 30.3 Å². The van der Waals surface area contributed by atoms with E-state index in [9.17, 15) is 9.18 Å². The van der Waals surface area contributed by atoms with Gasteiger partial charge >= 0.3 is 0 Å². The molecule has 1 aliphatic rings. The summed E-state index contributed by atoms with van der Waals surface area (Å²) in [6, 6.07) is 12.5. The van der Waals surface area contributed by atoms with E-state index in [-0.39, 0.29) is 18.3 Å². The zero-order valence-corrected chi connectivity index (χ0v) is 12.3. The molecule has 2 aromatic carbocycles. The lowest BCUT2D eigenvalue weighted by atomic mass is 10.1. The first-order valence-electron chi connectivity index (χ1n) is 7.36. The Morgan fingerprint density at radius 1 is 1.17 bits per heavy atom. The average Bonchev–Trinajstić information content (AvgIpc) is 3.19. The maximum Gasteiger partial charge on any atom is 0.254 e. The third-order valence-corrected chi connectivity index (χ3v) is 4.10. The second-order valence-electron chi connectivity index (χ2n) is 5.56. The van der Waals surface area contributed by atoms with Crippen molar-refractivity contribution in [3.05, 3.63) is 83.7 Å². The molecule has 0 spiro atoms. The highest BCUT2D eigenvalue weighted by Crippen LogP contribution is 2.25. The first-order chi connectivity index (χ1) is 11.2. The molecule has 5 heteroatoms. The summed E-state index contributed by atoms with van der Waals surface area (Å²) in [4.78, 5) is 18.0. The number of hydrogen-bond donors (Lipinski definition) is 0. The van der Waals surface area contributed by atoms with Crippen LogP contribution in [0.1, 0.15) is 21.5 Å². The van der Waals surface area contributed by atoms with Gasteiger partial charge in [0.15, 0.2) is 0 Å². The van der Waals surface area contributed by atoms with Crippen molar-refractivity contribution in [1.82, 2.24) is 14.5 Å². The van der Waals surface area contributed by atoms with Gasteiger partial charge in [0.1, 0.15) is 5.82 Å². The van der Waals surface area contributed by atoms with Crippen molar-refractivity contribution in [1.29, 1.82) is 0 Å². The lowest BCUT2D eigenvalue weighted by Gasteiger charge is -2.16. The predicted octanol–water partition coefficient (Wildman–Crippen LogP) is 3.17. The molecular weight excluding hydrogens is 293 g/mol. The fourth-order valence-corrected chi connectivity index (χ4v) is 2.88. The van der Waals surface area contributed by atoms with Gasteiger partial charge in [-0.2, -0.15) is 0 Å². The third kappa shape index (κ3) is 2.40. The molecule has 114 valence electrons. The van der Waals surface area contributed by atoms with Crippen LogP contribution >= 0.6 is 0 Å². The van der Waals surface area contributed by atoms with E-state index < -0.39 is 0 Å². The number of nitrogens with zero attached hydrogens (tertiary/aromatic N) is 3. The van der Waals surface area contributed by atoms with Gasteiger partial charge in [-0.15, -0.1) is 0 Å². The fourth-order valence-electron chi connectivity index (χ4n) is 2.88. The minimum atomic E-state index is -0.319. The highest BCUT2D eigenvalue weighted by molar-refractivity contribution is 5.98. The Morgan fingerprint density at radius 2 is 2.04 bits per heavy atom. The summed E-state index contributed by atoms with van der Waals surface area (Å²) in [6.07, 6.45) is 5.02. The number of carbonyl (C=O) groups excluding carboxylic acids is 1. The molecule has 1 aliphatic heterocycles. The van der Waals surface area contributed by atoms with Gasteiger partial charge in [-0.25, -0.2) is 9.37 Å². The lowest BCUT2D eigenvalue weighted by molar-refractivity contribution is 0.0765. The molecule has 0 N–H and O–H groups in total.